The molecule has 1 N–H and O–H groups in total. The predicted molar refractivity (Wildman–Crippen MR) is 57.0 cm³/mol. The summed E-state index contributed by atoms with van der Waals surface area (Å²) in [6.45, 7) is 5.22. The molecule has 0 radical (unpaired) electrons. The Balaban J connectivity index is 2.89. The first-order valence-electron chi connectivity index (χ1n) is 3.82. The number of hydrogen-bond donors (Lipinski definition) is 1. The number of carbonyl (C=O) groups is 1. The van der Waals surface area contributed by atoms with Crippen LogP contribution in [-0.2, 0) is 4.79 Å². The van der Waals surface area contributed by atoms with Crippen LogP contribution in [-0.4, -0.2) is 5.91 Å². The van der Waals surface area contributed by atoms with Gasteiger partial charge in [-0.1, -0.05) is 40.7 Å². The van der Waals surface area contributed by atoms with Crippen molar-refractivity contribution >= 4 is 27.5 Å². The van der Waals surface area contributed by atoms with Crippen LogP contribution < -0.4 is 5.32 Å². The molecular formula is C10H10BrNO. The SMILES string of the molecule is C=C(NC(C)=O)c1ccccc1Br. The molecule has 0 saturated carbocycles. The number of amides is 1. The first-order valence-corrected chi connectivity index (χ1v) is 4.62. The minimum absolute atomic E-state index is 0.110. The van der Waals surface area contributed by atoms with Gasteiger partial charge in [-0.3, -0.25) is 4.79 Å². The van der Waals surface area contributed by atoms with E-state index >= 15 is 0 Å². The standard InChI is InChI=1S/C10H10BrNO/c1-7(12-8(2)13)9-5-3-4-6-10(9)11/h3-6H,1H2,2H3,(H,12,13). The highest BCUT2D eigenvalue weighted by Gasteiger charge is 2.03. The van der Waals surface area contributed by atoms with Crippen molar-refractivity contribution in [1.29, 1.82) is 0 Å². The molecule has 0 spiro atoms. The summed E-state index contributed by atoms with van der Waals surface area (Å²) in [5, 5.41) is 2.64. The van der Waals surface area contributed by atoms with Crippen LogP contribution in [0.5, 0.6) is 0 Å². The fraction of sp³-hybridized carbons (Fsp3) is 0.100. The van der Waals surface area contributed by atoms with Gasteiger partial charge in [0, 0.05) is 22.7 Å². The fourth-order valence-electron chi connectivity index (χ4n) is 0.986. The van der Waals surface area contributed by atoms with Crippen molar-refractivity contribution in [2.45, 2.75) is 6.92 Å². The molecule has 0 aliphatic heterocycles. The molecule has 1 rings (SSSR count). The molecule has 1 aromatic carbocycles. The van der Waals surface area contributed by atoms with Gasteiger partial charge < -0.3 is 5.32 Å². The molecule has 1 amide bonds. The molecule has 0 bridgehead atoms. The minimum Gasteiger partial charge on any atom is -0.326 e. The summed E-state index contributed by atoms with van der Waals surface area (Å²) in [5.74, 6) is -0.110. The lowest BCUT2D eigenvalue weighted by molar-refractivity contribution is -0.117. The predicted octanol–water partition coefficient (Wildman–Crippen LogP) is 2.56. The van der Waals surface area contributed by atoms with E-state index in [9.17, 15) is 4.79 Å². The molecule has 0 saturated heterocycles. The summed E-state index contributed by atoms with van der Waals surface area (Å²) in [6.07, 6.45) is 0. The molecule has 0 fully saturated rings. The van der Waals surface area contributed by atoms with Crippen LogP contribution in [0.3, 0.4) is 0 Å². The van der Waals surface area contributed by atoms with Gasteiger partial charge in [-0.15, -0.1) is 0 Å². The van der Waals surface area contributed by atoms with Crippen LogP contribution >= 0.6 is 15.9 Å². The van der Waals surface area contributed by atoms with E-state index in [-0.39, 0.29) is 5.91 Å². The molecule has 0 aromatic heterocycles. The Morgan fingerprint density at radius 2 is 2.08 bits per heavy atom. The highest BCUT2D eigenvalue weighted by Crippen LogP contribution is 2.20. The largest absolute Gasteiger partial charge is 0.326 e. The van der Waals surface area contributed by atoms with Gasteiger partial charge in [0.25, 0.3) is 0 Å². The van der Waals surface area contributed by atoms with E-state index in [1.54, 1.807) is 0 Å². The van der Waals surface area contributed by atoms with Crippen LogP contribution in [0.1, 0.15) is 12.5 Å². The van der Waals surface area contributed by atoms with Gasteiger partial charge in [0.1, 0.15) is 0 Å². The molecule has 0 aliphatic rings. The van der Waals surface area contributed by atoms with Crippen molar-refractivity contribution in [2.75, 3.05) is 0 Å². The number of carbonyl (C=O) groups excluding carboxylic acids is 1. The highest BCUT2D eigenvalue weighted by molar-refractivity contribution is 9.10. The van der Waals surface area contributed by atoms with Crippen molar-refractivity contribution in [2.24, 2.45) is 0 Å². The molecular weight excluding hydrogens is 230 g/mol. The zero-order chi connectivity index (χ0) is 9.84. The second-order valence-electron chi connectivity index (χ2n) is 2.64. The molecule has 13 heavy (non-hydrogen) atoms. The lowest BCUT2D eigenvalue weighted by atomic mass is 10.2. The van der Waals surface area contributed by atoms with Gasteiger partial charge in [-0.2, -0.15) is 0 Å². The van der Waals surface area contributed by atoms with Crippen LogP contribution in [0.25, 0.3) is 5.70 Å². The van der Waals surface area contributed by atoms with E-state index in [4.69, 9.17) is 0 Å². The van der Waals surface area contributed by atoms with Crippen molar-refractivity contribution in [3.05, 3.63) is 40.9 Å². The molecule has 68 valence electrons. The quantitative estimate of drug-likeness (QED) is 0.845. The summed E-state index contributed by atoms with van der Waals surface area (Å²) in [4.78, 5) is 10.8. The first-order chi connectivity index (χ1) is 6.11. The second-order valence-corrected chi connectivity index (χ2v) is 3.49. The Morgan fingerprint density at radius 3 is 2.62 bits per heavy atom. The van der Waals surface area contributed by atoms with Crippen molar-refractivity contribution in [3.8, 4) is 0 Å². The van der Waals surface area contributed by atoms with Crippen molar-refractivity contribution in [1.82, 2.24) is 5.32 Å². The minimum atomic E-state index is -0.110. The molecule has 0 unspecified atom stereocenters. The Hall–Kier alpha value is -1.09. The Labute approximate surface area is 85.8 Å². The first kappa shape index (κ1) is 9.99. The smallest absolute Gasteiger partial charge is 0.221 e. The maximum atomic E-state index is 10.8. The maximum absolute atomic E-state index is 10.8. The van der Waals surface area contributed by atoms with Crippen LogP contribution in [0.4, 0.5) is 0 Å². The molecule has 0 heterocycles. The van der Waals surface area contributed by atoms with E-state index in [1.165, 1.54) is 6.92 Å². The van der Waals surface area contributed by atoms with Gasteiger partial charge in [0.15, 0.2) is 0 Å². The number of halogens is 1. The molecule has 0 atom stereocenters. The summed E-state index contributed by atoms with van der Waals surface area (Å²) >= 11 is 3.37. The topological polar surface area (TPSA) is 29.1 Å². The fourth-order valence-corrected chi connectivity index (χ4v) is 1.51. The van der Waals surface area contributed by atoms with Gasteiger partial charge in [-0.25, -0.2) is 0 Å². The third-order valence-corrected chi connectivity index (χ3v) is 2.22. The summed E-state index contributed by atoms with van der Waals surface area (Å²) in [7, 11) is 0. The third kappa shape index (κ3) is 2.70. The van der Waals surface area contributed by atoms with E-state index in [2.05, 4.69) is 27.8 Å². The molecule has 3 heteroatoms. The van der Waals surface area contributed by atoms with Gasteiger partial charge in [0.2, 0.25) is 5.91 Å². The van der Waals surface area contributed by atoms with Gasteiger partial charge in [-0.05, 0) is 6.07 Å². The normalized spacial score (nSPS) is 9.38. The van der Waals surface area contributed by atoms with E-state index in [0.29, 0.717) is 5.70 Å². The maximum Gasteiger partial charge on any atom is 0.221 e. The average Bonchev–Trinajstić information content (AvgIpc) is 2.03. The third-order valence-electron chi connectivity index (χ3n) is 1.53. The molecule has 0 aliphatic carbocycles. The summed E-state index contributed by atoms with van der Waals surface area (Å²) in [6, 6.07) is 7.60. The Bertz CT molecular complexity index is 347. The second kappa shape index (κ2) is 4.23. The van der Waals surface area contributed by atoms with E-state index in [1.807, 2.05) is 24.3 Å². The van der Waals surface area contributed by atoms with Gasteiger partial charge in [0.05, 0.1) is 0 Å². The van der Waals surface area contributed by atoms with Crippen LogP contribution in [0.15, 0.2) is 35.3 Å². The molecule has 1 aromatic rings. The monoisotopic (exact) mass is 239 g/mol. The lowest BCUT2D eigenvalue weighted by Gasteiger charge is -2.07. The van der Waals surface area contributed by atoms with Crippen LogP contribution in [0.2, 0.25) is 0 Å². The highest BCUT2D eigenvalue weighted by atomic mass is 79.9. The Morgan fingerprint density at radius 1 is 1.46 bits per heavy atom. The van der Waals surface area contributed by atoms with Gasteiger partial charge >= 0.3 is 0 Å². The average molecular weight is 240 g/mol. The summed E-state index contributed by atoms with van der Waals surface area (Å²) < 4.78 is 0.925. The van der Waals surface area contributed by atoms with Crippen molar-refractivity contribution in [3.63, 3.8) is 0 Å². The van der Waals surface area contributed by atoms with E-state index < -0.39 is 0 Å². The number of rotatable bonds is 2. The number of hydrogen-bond acceptors (Lipinski definition) is 1. The van der Waals surface area contributed by atoms with Crippen LogP contribution in [0, 0.1) is 0 Å². The number of benzene rings is 1. The molecule has 2 nitrogen and oxygen atoms in total. The summed E-state index contributed by atoms with van der Waals surface area (Å²) in [5.41, 5.74) is 1.51. The number of nitrogens with one attached hydrogen (secondary N) is 1. The Kier molecular flexibility index (Phi) is 3.25. The van der Waals surface area contributed by atoms with Crippen molar-refractivity contribution < 1.29 is 4.79 Å². The van der Waals surface area contributed by atoms with E-state index in [0.717, 1.165) is 10.0 Å². The lowest BCUT2D eigenvalue weighted by Crippen LogP contribution is -2.17. The zero-order valence-corrected chi connectivity index (χ0v) is 8.89. The zero-order valence-electron chi connectivity index (χ0n) is 7.30.